The summed E-state index contributed by atoms with van der Waals surface area (Å²) >= 11 is 6.02. The number of imidazole rings is 2. The van der Waals surface area contributed by atoms with Gasteiger partial charge in [-0.05, 0) is 44.2 Å². The topological polar surface area (TPSA) is 65.6 Å². The number of rotatable bonds is 5. The highest BCUT2D eigenvalue weighted by atomic mass is 35.5. The molecule has 0 atom stereocenters. The van der Waals surface area contributed by atoms with E-state index < -0.39 is 0 Å². The van der Waals surface area contributed by atoms with Gasteiger partial charge < -0.3 is 9.13 Å². The van der Waals surface area contributed by atoms with Gasteiger partial charge in [0.2, 0.25) is 0 Å². The van der Waals surface area contributed by atoms with E-state index in [0.717, 1.165) is 29.2 Å². The van der Waals surface area contributed by atoms with E-state index in [1.807, 2.05) is 41.1 Å². The predicted molar refractivity (Wildman–Crippen MR) is 105 cm³/mol. The number of hydrogen-bond donors (Lipinski definition) is 0. The largest absolute Gasteiger partial charge is 0.327 e. The van der Waals surface area contributed by atoms with Crippen molar-refractivity contribution in [1.29, 1.82) is 0 Å². The van der Waals surface area contributed by atoms with Gasteiger partial charge in [0, 0.05) is 24.5 Å². The minimum absolute atomic E-state index is 0.0356. The quantitative estimate of drug-likeness (QED) is 0.384. The van der Waals surface area contributed by atoms with Crippen LogP contribution in [0.25, 0.3) is 22.6 Å². The minimum Gasteiger partial charge on any atom is -0.327 e. The molecule has 3 aromatic heterocycles. The molecule has 0 bridgehead atoms. The second-order valence-electron chi connectivity index (χ2n) is 6.26. The third kappa shape index (κ3) is 3.24. The van der Waals surface area contributed by atoms with Crippen molar-refractivity contribution in [3.8, 4) is 11.5 Å². The first-order valence-electron chi connectivity index (χ1n) is 8.71. The number of aromatic nitrogens is 5. The molecular weight excluding hydrogens is 362 g/mol. The number of fused-ring (bicyclic) bond motifs is 1. The van der Waals surface area contributed by atoms with Crippen molar-refractivity contribution < 1.29 is 4.79 Å². The maximum absolute atomic E-state index is 11.7. The van der Waals surface area contributed by atoms with Gasteiger partial charge in [-0.15, -0.1) is 0 Å². The number of hydrogen-bond acceptors (Lipinski definition) is 4. The second kappa shape index (κ2) is 6.96. The molecule has 3 heterocycles. The van der Waals surface area contributed by atoms with Crippen LogP contribution in [0.2, 0.25) is 5.15 Å². The highest BCUT2D eigenvalue weighted by molar-refractivity contribution is 6.29. The van der Waals surface area contributed by atoms with Crippen LogP contribution >= 0.6 is 11.6 Å². The normalized spacial score (nSPS) is 11.2. The Kier molecular flexibility index (Phi) is 4.49. The number of aryl methyl sites for hydroxylation is 1. The number of carbonyl (C=O) groups is 1. The highest BCUT2D eigenvalue weighted by Gasteiger charge is 2.14. The van der Waals surface area contributed by atoms with Crippen molar-refractivity contribution in [3.05, 3.63) is 65.3 Å². The first-order valence-corrected chi connectivity index (χ1v) is 9.08. The van der Waals surface area contributed by atoms with E-state index in [1.165, 1.54) is 0 Å². The predicted octanol–water partition coefficient (Wildman–Crippen LogP) is 4.22. The Morgan fingerprint density at radius 1 is 1.19 bits per heavy atom. The molecule has 0 N–H and O–H groups in total. The first kappa shape index (κ1) is 17.4. The van der Waals surface area contributed by atoms with Crippen LogP contribution in [0.15, 0.2) is 48.8 Å². The molecule has 0 spiro atoms. The first-order chi connectivity index (χ1) is 13.1. The number of carbonyl (C=O) groups excluding carboxylic acids is 1. The summed E-state index contributed by atoms with van der Waals surface area (Å²) in [5.74, 6) is 1.67. The molecule has 0 aliphatic heterocycles. The zero-order chi connectivity index (χ0) is 19.0. The Labute approximate surface area is 161 Å². The van der Waals surface area contributed by atoms with E-state index >= 15 is 0 Å². The highest BCUT2D eigenvalue weighted by Crippen LogP contribution is 2.22. The zero-order valence-electron chi connectivity index (χ0n) is 15.1. The number of pyridine rings is 1. The summed E-state index contributed by atoms with van der Waals surface area (Å²) in [6.45, 7) is 4.97. The monoisotopic (exact) mass is 379 g/mol. The lowest BCUT2D eigenvalue weighted by Gasteiger charge is -2.09. The molecule has 0 saturated heterocycles. The molecule has 0 amide bonds. The Morgan fingerprint density at radius 2 is 2.04 bits per heavy atom. The molecule has 0 aliphatic rings. The number of halogens is 1. The number of nitrogens with zero attached hydrogens (tertiary/aromatic N) is 5. The second-order valence-corrected chi connectivity index (χ2v) is 6.64. The van der Waals surface area contributed by atoms with E-state index in [2.05, 4.69) is 21.5 Å². The van der Waals surface area contributed by atoms with Crippen molar-refractivity contribution in [2.24, 2.45) is 0 Å². The molecule has 1 aromatic carbocycles. The fraction of sp³-hybridized carbons (Fsp3) is 0.200. The molecule has 0 fully saturated rings. The van der Waals surface area contributed by atoms with Crippen LogP contribution in [-0.2, 0) is 13.1 Å². The zero-order valence-corrected chi connectivity index (χ0v) is 15.8. The summed E-state index contributed by atoms with van der Waals surface area (Å²) in [7, 11) is 0. The molecule has 4 rings (SSSR count). The maximum atomic E-state index is 11.7. The van der Waals surface area contributed by atoms with E-state index in [-0.39, 0.29) is 5.78 Å². The van der Waals surface area contributed by atoms with Crippen LogP contribution in [0.5, 0.6) is 0 Å². The fourth-order valence-corrected chi connectivity index (χ4v) is 3.39. The van der Waals surface area contributed by atoms with Gasteiger partial charge in [0.05, 0.1) is 17.6 Å². The molecule has 136 valence electrons. The van der Waals surface area contributed by atoms with Crippen LogP contribution in [0.3, 0.4) is 0 Å². The van der Waals surface area contributed by atoms with E-state index in [4.69, 9.17) is 16.6 Å². The molecule has 0 saturated carbocycles. The average Bonchev–Trinajstić information content (AvgIpc) is 3.25. The molecule has 6 nitrogen and oxygen atoms in total. The minimum atomic E-state index is 0.0356. The summed E-state index contributed by atoms with van der Waals surface area (Å²) in [6, 6.07) is 11.1. The van der Waals surface area contributed by atoms with Crippen molar-refractivity contribution >= 4 is 28.4 Å². The van der Waals surface area contributed by atoms with Crippen LogP contribution < -0.4 is 0 Å². The van der Waals surface area contributed by atoms with Crippen molar-refractivity contribution in [3.63, 3.8) is 0 Å². The van der Waals surface area contributed by atoms with Crippen LogP contribution in [0.1, 0.15) is 30.0 Å². The van der Waals surface area contributed by atoms with E-state index in [0.29, 0.717) is 23.0 Å². The third-order valence-electron chi connectivity index (χ3n) is 4.52. The lowest BCUT2D eigenvalue weighted by atomic mass is 10.1. The van der Waals surface area contributed by atoms with Gasteiger partial charge in [-0.25, -0.2) is 15.0 Å². The van der Waals surface area contributed by atoms with Crippen LogP contribution in [0.4, 0.5) is 0 Å². The van der Waals surface area contributed by atoms with Crippen molar-refractivity contribution in [2.75, 3.05) is 0 Å². The Morgan fingerprint density at radius 3 is 2.78 bits per heavy atom. The lowest BCUT2D eigenvalue weighted by Crippen LogP contribution is -2.09. The number of ketones is 1. The maximum Gasteiger partial charge on any atom is 0.159 e. The van der Waals surface area contributed by atoms with Gasteiger partial charge in [0.25, 0.3) is 0 Å². The molecule has 27 heavy (non-hydrogen) atoms. The van der Waals surface area contributed by atoms with Crippen molar-refractivity contribution in [1.82, 2.24) is 24.1 Å². The summed E-state index contributed by atoms with van der Waals surface area (Å²) in [5, 5.41) is 0.430. The summed E-state index contributed by atoms with van der Waals surface area (Å²) in [4.78, 5) is 25.2. The molecular formula is C20H18ClN5O. The van der Waals surface area contributed by atoms with Gasteiger partial charge in [-0.2, -0.15) is 0 Å². The number of Topliss-reactive ketones (excluding diaryl/α,β-unsaturated/α-hetero) is 1. The van der Waals surface area contributed by atoms with Gasteiger partial charge in [-0.1, -0.05) is 17.7 Å². The van der Waals surface area contributed by atoms with Gasteiger partial charge >= 0.3 is 0 Å². The SMILES string of the molecule is CCn1c(Cn2ccnc2-c2cccc(Cl)n2)nc2cc(C(C)=O)ccc21. The van der Waals surface area contributed by atoms with Gasteiger partial charge in [0.1, 0.15) is 16.7 Å². The van der Waals surface area contributed by atoms with E-state index in [9.17, 15) is 4.79 Å². The third-order valence-corrected chi connectivity index (χ3v) is 4.73. The van der Waals surface area contributed by atoms with Gasteiger partial charge in [-0.3, -0.25) is 4.79 Å². The fourth-order valence-electron chi connectivity index (χ4n) is 3.23. The Balaban J connectivity index is 1.76. The average molecular weight is 380 g/mol. The summed E-state index contributed by atoms with van der Waals surface area (Å²) in [5.41, 5.74) is 3.22. The van der Waals surface area contributed by atoms with Crippen LogP contribution in [0, 0.1) is 0 Å². The van der Waals surface area contributed by atoms with Crippen molar-refractivity contribution in [2.45, 2.75) is 26.9 Å². The Hall–Kier alpha value is -2.99. The van der Waals surface area contributed by atoms with Crippen LogP contribution in [-0.4, -0.2) is 29.9 Å². The van der Waals surface area contributed by atoms with Gasteiger partial charge in [0.15, 0.2) is 11.6 Å². The summed E-state index contributed by atoms with van der Waals surface area (Å²) < 4.78 is 4.15. The lowest BCUT2D eigenvalue weighted by molar-refractivity contribution is 0.101. The molecule has 0 unspecified atom stereocenters. The molecule has 4 aromatic rings. The standard InChI is InChI=1S/C20H18ClN5O/c1-3-26-17-8-7-14(13(2)27)11-16(17)24-19(26)12-25-10-9-22-20(25)15-5-4-6-18(21)23-15/h4-11H,3,12H2,1-2H3. The molecule has 0 aliphatic carbocycles. The molecule has 7 heteroatoms. The smallest absolute Gasteiger partial charge is 0.159 e. The summed E-state index contributed by atoms with van der Waals surface area (Å²) in [6.07, 6.45) is 3.64. The molecule has 0 radical (unpaired) electrons. The van der Waals surface area contributed by atoms with E-state index in [1.54, 1.807) is 19.2 Å². The number of benzene rings is 1. The Bertz CT molecular complexity index is 1140.